The summed E-state index contributed by atoms with van der Waals surface area (Å²) < 4.78 is 5.19. The van der Waals surface area contributed by atoms with Gasteiger partial charge in [0.05, 0.1) is 12.2 Å². The van der Waals surface area contributed by atoms with E-state index in [-0.39, 0.29) is 22.8 Å². The maximum atomic E-state index is 10.6. The van der Waals surface area contributed by atoms with Gasteiger partial charge in [-0.1, -0.05) is 6.92 Å². The molecule has 0 saturated heterocycles. The van der Waals surface area contributed by atoms with Crippen molar-refractivity contribution in [2.75, 3.05) is 6.61 Å². The molecule has 0 aliphatic carbocycles. The van der Waals surface area contributed by atoms with Gasteiger partial charge in [0.1, 0.15) is 17.2 Å². The van der Waals surface area contributed by atoms with Gasteiger partial charge in [-0.05, 0) is 6.42 Å². The minimum absolute atomic E-state index is 0.0660. The van der Waals surface area contributed by atoms with Crippen molar-refractivity contribution in [3.05, 3.63) is 17.7 Å². The molecule has 76 valence electrons. The van der Waals surface area contributed by atoms with Crippen molar-refractivity contribution >= 4 is 6.29 Å². The number of rotatable bonds is 4. The fourth-order valence-electron chi connectivity index (χ4n) is 1.05. The zero-order valence-electron chi connectivity index (χ0n) is 7.86. The summed E-state index contributed by atoms with van der Waals surface area (Å²) in [5, 5.41) is 18.5. The van der Waals surface area contributed by atoms with Crippen LogP contribution in [0, 0.1) is 0 Å². The Morgan fingerprint density at radius 2 is 2.14 bits per heavy atom. The number of aldehydes is 1. The first kappa shape index (κ1) is 10.4. The highest BCUT2D eigenvalue weighted by atomic mass is 16.5. The molecule has 4 heteroatoms. The van der Waals surface area contributed by atoms with Crippen molar-refractivity contribution in [1.29, 1.82) is 0 Å². The van der Waals surface area contributed by atoms with Crippen LogP contribution in [0.4, 0.5) is 0 Å². The Labute approximate surface area is 81.8 Å². The van der Waals surface area contributed by atoms with Crippen LogP contribution < -0.4 is 4.74 Å². The van der Waals surface area contributed by atoms with E-state index in [1.165, 1.54) is 6.07 Å². The lowest BCUT2D eigenvalue weighted by Gasteiger charge is -2.08. The molecule has 1 aromatic rings. The molecule has 2 N–H and O–H groups in total. The average molecular weight is 196 g/mol. The molecule has 1 rings (SSSR count). The third-order valence-corrected chi connectivity index (χ3v) is 1.68. The van der Waals surface area contributed by atoms with E-state index < -0.39 is 0 Å². The van der Waals surface area contributed by atoms with E-state index in [1.807, 2.05) is 6.92 Å². The third kappa shape index (κ3) is 2.16. The fourth-order valence-corrected chi connectivity index (χ4v) is 1.05. The number of aromatic hydroxyl groups is 2. The molecule has 0 atom stereocenters. The van der Waals surface area contributed by atoms with Gasteiger partial charge in [-0.3, -0.25) is 4.79 Å². The maximum Gasteiger partial charge on any atom is 0.157 e. The van der Waals surface area contributed by atoms with Crippen molar-refractivity contribution in [2.45, 2.75) is 13.3 Å². The number of ether oxygens (including phenoxy) is 1. The Hall–Kier alpha value is -1.71. The molecule has 0 aromatic heterocycles. The number of carbonyl (C=O) groups is 1. The number of phenolic OH excluding ortho intramolecular Hbond substituents is 2. The third-order valence-electron chi connectivity index (χ3n) is 1.68. The van der Waals surface area contributed by atoms with Crippen LogP contribution >= 0.6 is 0 Å². The summed E-state index contributed by atoms with van der Waals surface area (Å²) in [5.41, 5.74) is 0.0660. The average Bonchev–Trinajstić information content (AvgIpc) is 2.14. The first-order valence-electron chi connectivity index (χ1n) is 4.33. The molecule has 0 aliphatic rings. The van der Waals surface area contributed by atoms with Crippen molar-refractivity contribution in [1.82, 2.24) is 0 Å². The lowest BCUT2D eigenvalue weighted by atomic mass is 10.2. The van der Waals surface area contributed by atoms with Gasteiger partial charge in [-0.15, -0.1) is 0 Å². The van der Waals surface area contributed by atoms with E-state index in [0.717, 1.165) is 12.5 Å². The summed E-state index contributed by atoms with van der Waals surface area (Å²) in [4.78, 5) is 10.6. The highest BCUT2D eigenvalue weighted by Crippen LogP contribution is 2.31. The van der Waals surface area contributed by atoms with Crippen molar-refractivity contribution in [3.63, 3.8) is 0 Å². The van der Waals surface area contributed by atoms with Crippen molar-refractivity contribution < 1.29 is 19.7 Å². The van der Waals surface area contributed by atoms with E-state index in [4.69, 9.17) is 9.84 Å². The van der Waals surface area contributed by atoms with Crippen LogP contribution in [-0.4, -0.2) is 23.1 Å². The molecule has 0 aliphatic heterocycles. The van der Waals surface area contributed by atoms with Gasteiger partial charge >= 0.3 is 0 Å². The van der Waals surface area contributed by atoms with Gasteiger partial charge in [0.25, 0.3) is 0 Å². The Morgan fingerprint density at radius 3 is 2.71 bits per heavy atom. The minimum atomic E-state index is -0.272. The molecule has 0 amide bonds. The molecule has 14 heavy (non-hydrogen) atoms. The van der Waals surface area contributed by atoms with Crippen LogP contribution in [0.15, 0.2) is 12.1 Å². The van der Waals surface area contributed by atoms with Gasteiger partial charge in [0, 0.05) is 12.1 Å². The lowest BCUT2D eigenvalue weighted by molar-refractivity contribution is 0.111. The Morgan fingerprint density at radius 1 is 1.43 bits per heavy atom. The quantitative estimate of drug-likeness (QED) is 0.719. The van der Waals surface area contributed by atoms with Crippen LogP contribution in [-0.2, 0) is 0 Å². The predicted octanol–water partition coefficient (Wildman–Crippen LogP) is 1.70. The Balaban J connectivity index is 3.05. The molecule has 0 fully saturated rings. The summed E-state index contributed by atoms with van der Waals surface area (Å²) in [6.45, 7) is 2.35. The smallest absolute Gasteiger partial charge is 0.157 e. The molecule has 0 bridgehead atoms. The van der Waals surface area contributed by atoms with Gasteiger partial charge in [-0.2, -0.15) is 0 Å². The van der Waals surface area contributed by atoms with Crippen LogP contribution in [0.25, 0.3) is 0 Å². The van der Waals surface area contributed by atoms with Crippen LogP contribution in [0.5, 0.6) is 17.2 Å². The molecule has 0 radical (unpaired) electrons. The monoisotopic (exact) mass is 196 g/mol. The van der Waals surface area contributed by atoms with Gasteiger partial charge < -0.3 is 14.9 Å². The molecular weight excluding hydrogens is 184 g/mol. The predicted molar refractivity (Wildman–Crippen MR) is 50.9 cm³/mol. The topological polar surface area (TPSA) is 66.8 Å². The first-order chi connectivity index (χ1) is 6.69. The summed E-state index contributed by atoms with van der Waals surface area (Å²) >= 11 is 0. The highest BCUT2D eigenvalue weighted by molar-refractivity contribution is 5.84. The van der Waals surface area contributed by atoms with E-state index in [2.05, 4.69) is 0 Å². The number of hydrogen-bond acceptors (Lipinski definition) is 4. The fraction of sp³-hybridized carbons (Fsp3) is 0.300. The lowest BCUT2D eigenvalue weighted by Crippen LogP contribution is -1.98. The number of hydrogen-bond donors (Lipinski definition) is 2. The first-order valence-corrected chi connectivity index (χ1v) is 4.33. The zero-order chi connectivity index (χ0) is 10.6. The van der Waals surface area contributed by atoms with E-state index in [9.17, 15) is 9.90 Å². The van der Waals surface area contributed by atoms with E-state index >= 15 is 0 Å². The zero-order valence-corrected chi connectivity index (χ0v) is 7.86. The normalized spacial score (nSPS) is 9.79. The van der Waals surface area contributed by atoms with E-state index in [0.29, 0.717) is 12.9 Å². The minimum Gasteiger partial charge on any atom is -0.508 e. The van der Waals surface area contributed by atoms with Gasteiger partial charge in [0.2, 0.25) is 0 Å². The summed E-state index contributed by atoms with van der Waals surface area (Å²) in [6.07, 6.45) is 1.29. The van der Waals surface area contributed by atoms with Gasteiger partial charge in [0.15, 0.2) is 6.29 Å². The van der Waals surface area contributed by atoms with E-state index in [1.54, 1.807) is 0 Å². The molecule has 0 unspecified atom stereocenters. The SMILES string of the molecule is CCCOc1cc(O)cc(O)c1C=O. The standard InChI is InChI=1S/C10H12O4/c1-2-3-14-10-5-7(12)4-9(13)8(10)6-11/h4-6,12-13H,2-3H2,1H3. The Kier molecular flexibility index (Phi) is 3.34. The van der Waals surface area contributed by atoms with Crippen LogP contribution in [0.1, 0.15) is 23.7 Å². The van der Waals surface area contributed by atoms with Crippen LogP contribution in [0.3, 0.4) is 0 Å². The Bertz CT molecular complexity index is 333. The van der Waals surface area contributed by atoms with Gasteiger partial charge in [-0.25, -0.2) is 0 Å². The summed E-state index contributed by atoms with van der Waals surface area (Å²) in [7, 11) is 0. The number of phenols is 2. The molecule has 0 saturated carbocycles. The second kappa shape index (κ2) is 4.50. The summed E-state index contributed by atoms with van der Waals surface area (Å²) in [5.74, 6) is -0.190. The summed E-state index contributed by atoms with van der Waals surface area (Å²) in [6, 6.07) is 2.40. The largest absolute Gasteiger partial charge is 0.508 e. The molecule has 0 spiro atoms. The van der Waals surface area contributed by atoms with Crippen molar-refractivity contribution in [3.8, 4) is 17.2 Å². The van der Waals surface area contributed by atoms with Crippen LogP contribution in [0.2, 0.25) is 0 Å². The second-order valence-electron chi connectivity index (χ2n) is 2.84. The molecular formula is C10H12O4. The second-order valence-corrected chi connectivity index (χ2v) is 2.84. The molecule has 4 nitrogen and oxygen atoms in total. The van der Waals surface area contributed by atoms with Crippen molar-refractivity contribution in [2.24, 2.45) is 0 Å². The molecule has 1 aromatic carbocycles. The highest BCUT2D eigenvalue weighted by Gasteiger charge is 2.10. The molecule has 0 heterocycles. The maximum absolute atomic E-state index is 10.6. The number of benzene rings is 1. The number of carbonyl (C=O) groups excluding carboxylic acids is 1.